The lowest BCUT2D eigenvalue weighted by molar-refractivity contribution is 0.488. The molecule has 2 N–H and O–H groups in total. The molecule has 0 spiro atoms. The molecule has 2 aromatic rings. The Labute approximate surface area is 99.4 Å². The van der Waals surface area contributed by atoms with E-state index in [0.717, 1.165) is 22.1 Å². The SMILES string of the molecule is CCC(C)CSc1nc2ccc(N)cc2o1. The molecular weight excluding hydrogens is 220 g/mol. The summed E-state index contributed by atoms with van der Waals surface area (Å²) >= 11 is 1.67. The molecule has 1 atom stereocenters. The van der Waals surface area contributed by atoms with Gasteiger partial charge in [0, 0.05) is 17.5 Å². The van der Waals surface area contributed by atoms with Crippen LogP contribution in [0.3, 0.4) is 0 Å². The van der Waals surface area contributed by atoms with Gasteiger partial charge in [0.15, 0.2) is 5.58 Å². The fourth-order valence-corrected chi connectivity index (χ4v) is 2.29. The summed E-state index contributed by atoms with van der Waals surface area (Å²) in [7, 11) is 0. The molecule has 2 rings (SSSR count). The lowest BCUT2D eigenvalue weighted by Crippen LogP contribution is -1.94. The molecule has 1 heterocycles. The number of aromatic nitrogens is 1. The van der Waals surface area contributed by atoms with Gasteiger partial charge in [-0.2, -0.15) is 0 Å². The van der Waals surface area contributed by atoms with Crippen LogP contribution in [0.25, 0.3) is 11.1 Å². The minimum atomic E-state index is 0.685. The number of benzene rings is 1. The molecule has 0 fully saturated rings. The molecule has 0 bridgehead atoms. The number of nitrogen functional groups attached to an aromatic ring is 1. The first-order valence-electron chi connectivity index (χ1n) is 5.48. The van der Waals surface area contributed by atoms with Crippen molar-refractivity contribution in [3.05, 3.63) is 18.2 Å². The van der Waals surface area contributed by atoms with Crippen LogP contribution < -0.4 is 5.73 Å². The lowest BCUT2D eigenvalue weighted by Gasteiger charge is -2.03. The molecule has 0 aliphatic heterocycles. The standard InChI is InChI=1S/C12H16N2OS/c1-3-8(2)7-16-12-14-10-5-4-9(13)6-11(10)15-12/h4-6,8H,3,7,13H2,1-2H3. The number of fused-ring (bicyclic) bond motifs is 1. The Kier molecular flexibility index (Phi) is 3.39. The summed E-state index contributed by atoms with van der Waals surface area (Å²) in [4.78, 5) is 4.40. The van der Waals surface area contributed by atoms with E-state index in [2.05, 4.69) is 18.8 Å². The maximum absolute atomic E-state index is 5.68. The predicted molar refractivity (Wildman–Crippen MR) is 68.6 cm³/mol. The van der Waals surface area contributed by atoms with Crippen LogP contribution in [0.4, 0.5) is 5.69 Å². The highest BCUT2D eigenvalue weighted by Gasteiger charge is 2.08. The number of rotatable bonds is 4. The second-order valence-electron chi connectivity index (χ2n) is 4.03. The first-order valence-corrected chi connectivity index (χ1v) is 6.46. The van der Waals surface area contributed by atoms with E-state index in [4.69, 9.17) is 10.2 Å². The molecule has 0 saturated carbocycles. The van der Waals surface area contributed by atoms with Gasteiger partial charge in [-0.05, 0) is 18.1 Å². The van der Waals surface area contributed by atoms with Crippen molar-refractivity contribution in [3.63, 3.8) is 0 Å². The molecule has 86 valence electrons. The van der Waals surface area contributed by atoms with Crippen LogP contribution in [-0.2, 0) is 0 Å². The van der Waals surface area contributed by atoms with Crippen molar-refractivity contribution in [1.82, 2.24) is 4.98 Å². The first-order chi connectivity index (χ1) is 7.69. The lowest BCUT2D eigenvalue weighted by atomic mass is 10.2. The van der Waals surface area contributed by atoms with E-state index in [-0.39, 0.29) is 0 Å². The van der Waals surface area contributed by atoms with Gasteiger partial charge in [-0.15, -0.1) is 0 Å². The Morgan fingerprint density at radius 1 is 1.50 bits per heavy atom. The number of hydrogen-bond acceptors (Lipinski definition) is 4. The number of nitrogens with two attached hydrogens (primary N) is 1. The quantitative estimate of drug-likeness (QED) is 0.651. The number of hydrogen-bond donors (Lipinski definition) is 1. The van der Waals surface area contributed by atoms with Gasteiger partial charge in [0.2, 0.25) is 0 Å². The molecule has 0 aliphatic rings. The highest BCUT2D eigenvalue weighted by molar-refractivity contribution is 7.99. The largest absolute Gasteiger partial charge is 0.431 e. The molecule has 0 amide bonds. The van der Waals surface area contributed by atoms with E-state index in [1.807, 2.05) is 18.2 Å². The average Bonchev–Trinajstić information content (AvgIpc) is 2.67. The van der Waals surface area contributed by atoms with Crippen LogP contribution in [-0.4, -0.2) is 10.7 Å². The molecule has 0 saturated heterocycles. The topological polar surface area (TPSA) is 52.0 Å². The normalized spacial score (nSPS) is 13.1. The van der Waals surface area contributed by atoms with Crippen LogP contribution in [0.2, 0.25) is 0 Å². The van der Waals surface area contributed by atoms with Crippen LogP contribution in [0.1, 0.15) is 20.3 Å². The molecule has 1 unspecified atom stereocenters. The summed E-state index contributed by atoms with van der Waals surface area (Å²) in [5.41, 5.74) is 8.04. The van der Waals surface area contributed by atoms with Crippen molar-refractivity contribution in [2.45, 2.75) is 25.5 Å². The van der Waals surface area contributed by atoms with Crippen molar-refractivity contribution in [2.75, 3.05) is 11.5 Å². The Morgan fingerprint density at radius 2 is 2.31 bits per heavy atom. The molecule has 1 aromatic carbocycles. The first kappa shape index (κ1) is 11.3. The van der Waals surface area contributed by atoms with Gasteiger partial charge < -0.3 is 10.2 Å². The smallest absolute Gasteiger partial charge is 0.256 e. The molecule has 0 radical (unpaired) electrons. The molecule has 1 aromatic heterocycles. The van der Waals surface area contributed by atoms with Gasteiger partial charge in [-0.1, -0.05) is 32.0 Å². The molecule has 3 nitrogen and oxygen atoms in total. The van der Waals surface area contributed by atoms with Gasteiger partial charge in [0.05, 0.1) is 0 Å². The Morgan fingerprint density at radius 3 is 3.06 bits per heavy atom. The second-order valence-corrected chi connectivity index (χ2v) is 5.00. The number of oxazole rings is 1. The van der Waals surface area contributed by atoms with Crippen LogP contribution in [0.5, 0.6) is 0 Å². The van der Waals surface area contributed by atoms with E-state index < -0.39 is 0 Å². The summed E-state index contributed by atoms with van der Waals surface area (Å²) in [6, 6.07) is 5.55. The zero-order chi connectivity index (χ0) is 11.5. The Bertz CT molecular complexity index is 481. The van der Waals surface area contributed by atoms with Crippen LogP contribution in [0, 0.1) is 5.92 Å². The zero-order valence-electron chi connectivity index (χ0n) is 9.56. The van der Waals surface area contributed by atoms with Gasteiger partial charge in [-0.3, -0.25) is 0 Å². The zero-order valence-corrected chi connectivity index (χ0v) is 10.4. The van der Waals surface area contributed by atoms with E-state index >= 15 is 0 Å². The van der Waals surface area contributed by atoms with Gasteiger partial charge in [0.25, 0.3) is 5.22 Å². The van der Waals surface area contributed by atoms with Crippen molar-refractivity contribution >= 4 is 28.5 Å². The fourth-order valence-electron chi connectivity index (χ4n) is 1.31. The van der Waals surface area contributed by atoms with Crippen molar-refractivity contribution in [1.29, 1.82) is 0 Å². The third-order valence-corrected chi connectivity index (χ3v) is 3.74. The van der Waals surface area contributed by atoms with Crippen LogP contribution >= 0.6 is 11.8 Å². The molecule has 0 aliphatic carbocycles. The van der Waals surface area contributed by atoms with E-state index in [1.54, 1.807) is 11.8 Å². The maximum atomic E-state index is 5.68. The van der Waals surface area contributed by atoms with Gasteiger partial charge in [-0.25, -0.2) is 4.98 Å². The average molecular weight is 236 g/mol. The summed E-state index contributed by atoms with van der Waals surface area (Å²) < 4.78 is 5.62. The number of nitrogens with zero attached hydrogens (tertiary/aromatic N) is 1. The Hall–Kier alpha value is -1.16. The van der Waals surface area contributed by atoms with Crippen LogP contribution in [0.15, 0.2) is 27.8 Å². The number of thioether (sulfide) groups is 1. The van der Waals surface area contributed by atoms with E-state index in [0.29, 0.717) is 11.6 Å². The van der Waals surface area contributed by atoms with Crippen molar-refractivity contribution in [2.24, 2.45) is 5.92 Å². The van der Waals surface area contributed by atoms with Gasteiger partial charge >= 0.3 is 0 Å². The van der Waals surface area contributed by atoms with E-state index in [1.165, 1.54) is 6.42 Å². The Balaban J connectivity index is 2.13. The molecule has 16 heavy (non-hydrogen) atoms. The number of anilines is 1. The minimum absolute atomic E-state index is 0.685. The predicted octanol–water partition coefficient (Wildman–Crippen LogP) is 3.55. The summed E-state index contributed by atoms with van der Waals surface area (Å²) in [6.07, 6.45) is 1.18. The molecule has 4 heteroatoms. The summed E-state index contributed by atoms with van der Waals surface area (Å²) in [6.45, 7) is 4.42. The minimum Gasteiger partial charge on any atom is -0.431 e. The molecular formula is C12H16N2OS. The monoisotopic (exact) mass is 236 g/mol. The summed E-state index contributed by atoms with van der Waals surface area (Å²) in [5, 5.41) is 0.737. The fraction of sp³-hybridized carbons (Fsp3) is 0.417. The second kappa shape index (κ2) is 4.78. The third-order valence-electron chi connectivity index (χ3n) is 2.58. The highest BCUT2D eigenvalue weighted by Crippen LogP contribution is 2.26. The van der Waals surface area contributed by atoms with Crippen molar-refractivity contribution < 1.29 is 4.42 Å². The van der Waals surface area contributed by atoms with E-state index in [9.17, 15) is 0 Å². The maximum Gasteiger partial charge on any atom is 0.256 e. The third kappa shape index (κ3) is 2.50. The van der Waals surface area contributed by atoms with Crippen molar-refractivity contribution in [3.8, 4) is 0 Å². The van der Waals surface area contributed by atoms with Gasteiger partial charge in [0.1, 0.15) is 5.52 Å². The highest BCUT2D eigenvalue weighted by atomic mass is 32.2. The summed E-state index contributed by atoms with van der Waals surface area (Å²) in [5.74, 6) is 1.73.